The molecule has 0 radical (unpaired) electrons. The van der Waals surface area contributed by atoms with Crippen molar-refractivity contribution in [3.8, 4) is 17.5 Å². The number of nitrogens with zero attached hydrogens (tertiary/aromatic N) is 4. The van der Waals surface area contributed by atoms with Crippen molar-refractivity contribution in [2.45, 2.75) is 13.8 Å². The van der Waals surface area contributed by atoms with Gasteiger partial charge in [-0.3, -0.25) is 0 Å². The number of aromatic nitrogens is 4. The van der Waals surface area contributed by atoms with E-state index in [0.717, 1.165) is 11.3 Å². The number of ether oxygens (including phenoxy) is 1. The molecule has 15 heavy (non-hydrogen) atoms. The molecule has 0 atom stereocenters. The SMILES string of the molecule is COc1ncc(-c2nc(C)no2)c(C)n1. The second-order valence-electron chi connectivity index (χ2n) is 3.00. The molecule has 0 spiro atoms. The molecule has 0 N–H and O–H groups in total. The predicted octanol–water partition coefficient (Wildman–Crippen LogP) is 1.15. The van der Waals surface area contributed by atoms with E-state index in [-0.39, 0.29) is 0 Å². The minimum atomic E-state index is 0.326. The fourth-order valence-electron chi connectivity index (χ4n) is 1.16. The standard InChI is InChI=1S/C9H10N4O2/c1-5-7(4-10-9(11-5)14-3)8-12-6(2)13-15-8/h4H,1-3H3. The van der Waals surface area contributed by atoms with Crippen LogP contribution in [-0.2, 0) is 0 Å². The van der Waals surface area contributed by atoms with Gasteiger partial charge < -0.3 is 9.26 Å². The zero-order valence-corrected chi connectivity index (χ0v) is 8.68. The Labute approximate surface area is 86.3 Å². The molecule has 0 aliphatic rings. The van der Waals surface area contributed by atoms with Crippen LogP contribution in [0.4, 0.5) is 0 Å². The molecule has 0 bridgehead atoms. The van der Waals surface area contributed by atoms with Crippen molar-refractivity contribution in [2.75, 3.05) is 7.11 Å². The second kappa shape index (κ2) is 3.64. The van der Waals surface area contributed by atoms with Crippen molar-refractivity contribution < 1.29 is 9.26 Å². The highest BCUT2D eigenvalue weighted by atomic mass is 16.5. The molecule has 0 amide bonds. The maximum Gasteiger partial charge on any atom is 0.316 e. The van der Waals surface area contributed by atoms with E-state index in [1.807, 2.05) is 6.92 Å². The Kier molecular flexibility index (Phi) is 2.32. The number of rotatable bonds is 2. The molecular weight excluding hydrogens is 196 g/mol. The van der Waals surface area contributed by atoms with Gasteiger partial charge in [-0.15, -0.1) is 0 Å². The van der Waals surface area contributed by atoms with Crippen LogP contribution in [0.2, 0.25) is 0 Å². The molecule has 2 heterocycles. The van der Waals surface area contributed by atoms with E-state index in [2.05, 4.69) is 20.1 Å². The van der Waals surface area contributed by atoms with Gasteiger partial charge in [-0.05, 0) is 13.8 Å². The van der Waals surface area contributed by atoms with E-state index in [4.69, 9.17) is 9.26 Å². The minimum Gasteiger partial charge on any atom is -0.467 e. The number of hydrogen-bond acceptors (Lipinski definition) is 6. The van der Waals surface area contributed by atoms with Crippen molar-refractivity contribution in [1.29, 1.82) is 0 Å². The maximum absolute atomic E-state index is 5.02. The van der Waals surface area contributed by atoms with Crippen LogP contribution < -0.4 is 4.74 Å². The van der Waals surface area contributed by atoms with E-state index in [9.17, 15) is 0 Å². The van der Waals surface area contributed by atoms with Crippen LogP contribution in [0.1, 0.15) is 11.5 Å². The molecule has 2 aromatic rings. The Hall–Kier alpha value is -1.98. The minimum absolute atomic E-state index is 0.326. The third-order valence-electron chi connectivity index (χ3n) is 1.90. The van der Waals surface area contributed by atoms with E-state index < -0.39 is 0 Å². The lowest BCUT2D eigenvalue weighted by molar-refractivity contribution is 0.378. The highest BCUT2D eigenvalue weighted by molar-refractivity contribution is 5.54. The summed E-state index contributed by atoms with van der Waals surface area (Å²) in [6.45, 7) is 3.59. The summed E-state index contributed by atoms with van der Waals surface area (Å²) in [6.07, 6.45) is 1.61. The second-order valence-corrected chi connectivity index (χ2v) is 3.00. The van der Waals surface area contributed by atoms with Gasteiger partial charge in [0.2, 0.25) is 0 Å². The lowest BCUT2D eigenvalue weighted by Gasteiger charge is -2.01. The first kappa shape index (κ1) is 9.57. The zero-order valence-electron chi connectivity index (χ0n) is 8.68. The summed E-state index contributed by atoms with van der Waals surface area (Å²) in [5, 5.41) is 3.70. The first-order chi connectivity index (χ1) is 7.20. The van der Waals surface area contributed by atoms with Crippen molar-refractivity contribution >= 4 is 0 Å². The highest BCUT2D eigenvalue weighted by Crippen LogP contribution is 2.20. The van der Waals surface area contributed by atoms with Crippen LogP contribution in [0.3, 0.4) is 0 Å². The van der Waals surface area contributed by atoms with Crippen LogP contribution >= 0.6 is 0 Å². The predicted molar refractivity (Wildman–Crippen MR) is 51.4 cm³/mol. The van der Waals surface area contributed by atoms with E-state index in [0.29, 0.717) is 17.7 Å². The first-order valence-electron chi connectivity index (χ1n) is 4.39. The molecule has 0 unspecified atom stereocenters. The third kappa shape index (κ3) is 1.78. The molecule has 78 valence electrons. The Morgan fingerprint density at radius 1 is 1.27 bits per heavy atom. The Balaban J connectivity index is 2.45. The molecule has 0 saturated heterocycles. The summed E-state index contributed by atoms with van der Waals surface area (Å²) in [6, 6.07) is 0.326. The van der Waals surface area contributed by atoms with Crippen LogP contribution in [0, 0.1) is 13.8 Å². The van der Waals surface area contributed by atoms with Gasteiger partial charge in [-0.25, -0.2) is 4.98 Å². The normalized spacial score (nSPS) is 10.3. The van der Waals surface area contributed by atoms with Crippen molar-refractivity contribution in [1.82, 2.24) is 20.1 Å². The van der Waals surface area contributed by atoms with Crippen LogP contribution in [0.15, 0.2) is 10.7 Å². The zero-order chi connectivity index (χ0) is 10.8. The Morgan fingerprint density at radius 2 is 2.07 bits per heavy atom. The topological polar surface area (TPSA) is 73.9 Å². The molecule has 0 aliphatic heterocycles. The average Bonchev–Trinajstić information content (AvgIpc) is 2.64. The van der Waals surface area contributed by atoms with Gasteiger partial charge in [0.05, 0.1) is 18.4 Å². The number of methoxy groups -OCH3 is 1. The van der Waals surface area contributed by atoms with Crippen LogP contribution in [0.25, 0.3) is 11.5 Å². The Morgan fingerprint density at radius 3 is 2.60 bits per heavy atom. The number of aryl methyl sites for hydroxylation is 2. The molecule has 6 heteroatoms. The highest BCUT2D eigenvalue weighted by Gasteiger charge is 2.11. The van der Waals surface area contributed by atoms with E-state index in [1.54, 1.807) is 13.1 Å². The molecule has 0 aromatic carbocycles. The van der Waals surface area contributed by atoms with Gasteiger partial charge >= 0.3 is 6.01 Å². The van der Waals surface area contributed by atoms with E-state index in [1.165, 1.54) is 7.11 Å². The van der Waals surface area contributed by atoms with Gasteiger partial charge in [-0.2, -0.15) is 9.97 Å². The lowest BCUT2D eigenvalue weighted by Crippen LogP contribution is -1.96. The summed E-state index contributed by atoms with van der Waals surface area (Å²) in [5.41, 5.74) is 1.46. The first-order valence-corrected chi connectivity index (χ1v) is 4.39. The third-order valence-corrected chi connectivity index (χ3v) is 1.90. The molecular formula is C9H10N4O2. The fraction of sp³-hybridized carbons (Fsp3) is 0.333. The summed E-state index contributed by atoms with van der Waals surface area (Å²) < 4.78 is 9.92. The van der Waals surface area contributed by atoms with Gasteiger partial charge in [-0.1, -0.05) is 5.16 Å². The number of hydrogen-bond donors (Lipinski definition) is 0. The largest absolute Gasteiger partial charge is 0.467 e. The van der Waals surface area contributed by atoms with Crippen molar-refractivity contribution in [3.05, 3.63) is 17.7 Å². The van der Waals surface area contributed by atoms with Gasteiger partial charge in [0.25, 0.3) is 5.89 Å². The van der Waals surface area contributed by atoms with Crippen molar-refractivity contribution in [3.63, 3.8) is 0 Å². The molecule has 0 saturated carbocycles. The van der Waals surface area contributed by atoms with Crippen molar-refractivity contribution in [2.24, 2.45) is 0 Å². The Bertz CT molecular complexity index is 481. The lowest BCUT2D eigenvalue weighted by atomic mass is 10.2. The smallest absolute Gasteiger partial charge is 0.316 e. The molecule has 6 nitrogen and oxygen atoms in total. The summed E-state index contributed by atoms with van der Waals surface area (Å²) in [5.74, 6) is 1.01. The van der Waals surface area contributed by atoms with Gasteiger partial charge in [0, 0.05) is 6.20 Å². The van der Waals surface area contributed by atoms with Gasteiger partial charge in [0.15, 0.2) is 5.82 Å². The quantitative estimate of drug-likeness (QED) is 0.733. The molecule has 2 aromatic heterocycles. The summed E-state index contributed by atoms with van der Waals surface area (Å²) in [4.78, 5) is 12.2. The van der Waals surface area contributed by atoms with Crippen LogP contribution in [-0.4, -0.2) is 27.2 Å². The monoisotopic (exact) mass is 206 g/mol. The molecule has 0 aliphatic carbocycles. The summed E-state index contributed by atoms with van der Waals surface area (Å²) in [7, 11) is 1.52. The summed E-state index contributed by atoms with van der Waals surface area (Å²) >= 11 is 0. The van der Waals surface area contributed by atoms with E-state index >= 15 is 0 Å². The molecule has 0 fully saturated rings. The average molecular weight is 206 g/mol. The fourth-order valence-corrected chi connectivity index (χ4v) is 1.16. The van der Waals surface area contributed by atoms with Crippen LogP contribution in [0.5, 0.6) is 6.01 Å². The van der Waals surface area contributed by atoms with Gasteiger partial charge in [0.1, 0.15) is 0 Å². The molecule has 2 rings (SSSR count). The maximum atomic E-state index is 5.02.